The lowest BCUT2D eigenvalue weighted by molar-refractivity contribution is 0.493. The number of fused-ring (bicyclic) bond motifs is 1. The summed E-state index contributed by atoms with van der Waals surface area (Å²) in [5.41, 5.74) is 10.9. The predicted molar refractivity (Wildman–Crippen MR) is 82.8 cm³/mol. The number of rotatable bonds is 3. The first-order valence-corrected chi connectivity index (χ1v) is 6.93. The molecule has 102 valence electrons. The zero-order chi connectivity index (χ0) is 14.1. The minimum absolute atomic E-state index is 0.107. The molecule has 0 bridgehead atoms. The highest BCUT2D eigenvalue weighted by Gasteiger charge is 2.13. The molecule has 2 nitrogen and oxygen atoms in total. The molecule has 0 amide bonds. The van der Waals surface area contributed by atoms with E-state index >= 15 is 0 Å². The number of para-hydroxylation sites is 1. The number of hydrogen-bond acceptors (Lipinski definition) is 2. The zero-order valence-electron chi connectivity index (χ0n) is 11.9. The molecule has 0 radical (unpaired) electrons. The summed E-state index contributed by atoms with van der Waals surface area (Å²) in [5, 5.41) is 1.12. The van der Waals surface area contributed by atoms with E-state index in [1.165, 1.54) is 11.1 Å². The van der Waals surface area contributed by atoms with Crippen molar-refractivity contribution in [2.24, 2.45) is 5.73 Å². The average Bonchev–Trinajstić information content (AvgIpc) is 2.87. The Morgan fingerprint density at radius 3 is 2.50 bits per heavy atom. The Morgan fingerprint density at radius 2 is 1.80 bits per heavy atom. The first kappa shape index (κ1) is 12.9. The summed E-state index contributed by atoms with van der Waals surface area (Å²) >= 11 is 0. The van der Waals surface area contributed by atoms with E-state index in [0.29, 0.717) is 0 Å². The molecule has 20 heavy (non-hydrogen) atoms. The van der Waals surface area contributed by atoms with E-state index < -0.39 is 0 Å². The van der Waals surface area contributed by atoms with Gasteiger partial charge in [0, 0.05) is 5.39 Å². The molecule has 2 aromatic carbocycles. The van der Waals surface area contributed by atoms with Gasteiger partial charge in [-0.3, -0.25) is 0 Å². The van der Waals surface area contributed by atoms with Crippen molar-refractivity contribution >= 4 is 11.0 Å². The molecule has 1 unspecified atom stereocenters. The summed E-state index contributed by atoms with van der Waals surface area (Å²) in [6.45, 7) is 4.15. The maximum atomic E-state index is 6.29. The molecule has 2 heteroatoms. The van der Waals surface area contributed by atoms with E-state index in [4.69, 9.17) is 10.2 Å². The quantitative estimate of drug-likeness (QED) is 0.767. The minimum Gasteiger partial charge on any atom is -0.459 e. The van der Waals surface area contributed by atoms with Gasteiger partial charge < -0.3 is 10.2 Å². The second-order valence-electron chi connectivity index (χ2n) is 5.44. The Bertz CT molecular complexity index is 725. The standard InChI is InChI=1S/C18H19NO/c1-12-6-8-14(9-7-12)10-16(19)17-11-15-5-3-4-13(2)18(15)20-17/h3-9,11,16H,10,19H2,1-2H3. The van der Waals surface area contributed by atoms with Crippen LogP contribution in [0.5, 0.6) is 0 Å². The molecular weight excluding hydrogens is 246 g/mol. The Kier molecular flexibility index (Phi) is 3.33. The van der Waals surface area contributed by atoms with Crippen molar-refractivity contribution in [2.75, 3.05) is 0 Å². The largest absolute Gasteiger partial charge is 0.459 e. The Hall–Kier alpha value is -2.06. The van der Waals surface area contributed by atoms with Gasteiger partial charge >= 0.3 is 0 Å². The van der Waals surface area contributed by atoms with Crippen molar-refractivity contribution in [2.45, 2.75) is 26.3 Å². The van der Waals surface area contributed by atoms with Gasteiger partial charge in [-0.05, 0) is 37.5 Å². The molecule has 0 spiro atoms. The van der Waals surface area contributed by atoms with Gasteiger partial charge in [0.1, 0.15) is 11.3 Å². The van der Waals surface area contributed by atoms with Crippen LogP contribution in [0, 0.1) is 13.8 Å². The molecule has 1 heterocycles. The summed E-state index contributed by atoms with van der Waals surface area (Å²) in [4.78, 5) is 0. The maximum absolute atomic E-state index is 6.29. The van der Waals surface area contributed by atoms with Gasteiger partial charge in [0.05, 0.1) is 6.04 Å². The molecule has 0 aliphatic carbocycles. The van der Waals surface area contributed by atoms with Crippen LogP contribution >= 0.6 is 0 Å². The molecule has 0 aliphatic rings. The summed E-state index contributed by atoms with van der Waals surface area (Å²) in [5.74, 6) is 0.856. The van der Waals surface area contributed by atoms with E-state index in [9.17, 15) is 0 Å². The molecule has 2 N–H and O–H groups in total. The van der Waals surface area contributed by atoms with Gasteiger partial charge in [-0.15, -0.1) is 0 Å². The third-order valence-corrected chi connectivity index (χ3v) is 3.70. The smallest absolute Gasteiger partial charge is 0.137 e. The van der Waals surface area contributed by atoms with Crippen LogP contribution in [0.2, 0.25) is 0 Å². The average molecular weight is 265 g/mol. The molecule has 3 rings (SSSR count). The lowest BCUT2D eigenvalue weighted by Gasteiger charge is -2.08. The Labute approximate surface area is 119 Å². The zero-order valence-corrected chi connectivity index (χ0v) is 11.9. The fraction of sp³-hybridized carbons (Fsp3) is 0.222. The van der Waals surface area contributed by atoms with Crippen molar-refractivity contribution in [3.05, 3.63) is 71.0 Å². The van der Waals surface area contributed by atoms with Crippen molar-refractivity contribution in [1.29, 1.82) is 0 Å². The summed E-state index contributed by atoms with van der Waals surface area (Å²) < 4.78 is 5.93. The van der Waals surface area contributed by atoms with Gasteiger partial charge in [-0.1, -0.05) is 48.0 Å². The minimum atomic E-state index is -0.107. The number of aryl methyl sites for hydroxylation is 2. The monoisotopic (exact) mass is 265 g/mol. The lowest BCUT2D eigenvalue weighted by Crippen LogP contribution is -2.12. The Balaban J connectivity index is 1.86. The molecule has 0 fully saturated rings. The SMILES string of the molecule is Cc1ccc(CC(N)c2cc3cccc(C)c3o2)cc1. The highest BCUT2D eigenvalue weighted by molar-refractivity contribution is 5.81. The molecule has 0 saturated heterocycles. The van der Waals surface area contributed by atoms with E-state index in [2.05, 4.69) is 56.3 Å². The first-order valence-electron chi connectivity index (χ1n) is 6.93. The second kappa shape index (κ2) is 5.14. The van der Waals surface area contributed by atoms with Crippen LogP contribution in [0.4, 0.5) is 0 Å². The fourth-order valence-electron chi connectivity index (χ4n) is 2.49. The normalized spacial score (nSPS) is 12.8. The molecule has 3 aromatic rings. The van der Waals surface area contributed by atoms with Crippen LogP contribution in [-0.4, -0.2) is 0 Å². The first-order chi connectivity index (χ1) is 9.63. The molecule has 1 atom stereocenters. The van der Waals surface area contributed by atoms with Gasteiger partial charge in [-0.25, -0.2) is 0 Å². The van der Waals surface area contributed by atoms with E-state index in [1.54, 1.807) is 0 Å². The fourth-order valence-corrected chi connectivity index (χ4v) is 2.49. The van der Waals surface area contributed by atoms with Crippen LogP contribution in [0.25, 0.3) is 11.0 Å². The molecular formula is C18H19NO. The van der Waals surface area contributed by atoms with Gasteiger partial charge in [0.2, 0.25) is 0 Å². The summed E-state index contributed by atoms with van der Waals surface area (Å²) in [6, 6.07) is 16.6. The number of hydrogen-bond donors (Lipinski definition) is 1. The van der Waals surface area contributed by atoms with Crippen molar-refractivity contribution in [1.82, 2.24) is 0 Å². The third kappa shape index (κ3) is 2.47. The highest BCUT2D eigenvalue weighted by atomic mass is 16.3. The predicted octanol–water partition coefficient (Wildman–Crippen LogP) is 4.29. The Morgan fingerprint density at radius 1 is 1.05 bits per heavy atom. The van der Waals surface area contributed by atoms with Crippen LogP contribution in [0.15, 0.2) is 52.9 Å². The van der Waals surface area contributed by atoms with Gasteiger partial charge in [0.15, 0.2) is 0 Å². The molecule has 1 aromatic heterocycles. The van der Waals surface area contributed by atoms with E-state index in [0.717, 1.165) is 28.7 Å². The van der Waals surface area contributed by atoms with Crippen molar-refractivity contribution < 1.29 is 4.42 Å². The number of benzene rings is 2. The highest BCUT2D eigenvalue weighted by Crippen LogP contribution is 2.27. The van der Waals surface area contributed by atoms with Crippen molar-refractivity contribution in [3.8, 4) is 0 Å². The van der Waals surface area contributed by atoms with Crippen LogP contribution in [0.3, 0.4) is 0 Å². The molecule has 0 saturated carbocycles. The van der Waals surface area contributed by atoms with Crippen LogP contribution < -0.4 is 5.73 Å². The summed E-state index contributed by atoms with van der Waals surface area (Å²) in [7, 11) is 0. The van der Waals surface area contributed by atoms with Gasteiger partial charge in [-0.2, -0.15) is 0 Å². The van der Waals surface area contributed by atoms with E-state index in [1.807, 2.05) is 6.07 Å². The second-order valence-corrected chi connectivity index (χ2v) is 5.44. The number of furan rings is 1. The number of nitrogens with two attached hydrogens (primary N) is 1. The van der Waals surface area contributed by atoms with Crippen LogP contribution in [0.1, 0.15) is 28.5 Å². The molecule has 0 aliphatic heterocycles. The van der Waals surface area contributed by atoms with E-state index in [-0.39, 0.29) is 6.04 Å². The van der Waals surface area contributed by atoms with Gasteiger partial charge in [0.25, 0.3) is 0 Å². The summed E-state index contributed by atoms with van der Waals surface area (Å²) in [6.07, 6.45) is 0.791. The van der Waals surface area contributed by atoms with Crippen molar-refractivity contribution in [3.63, 3.8) is 0 Å². The topological polar surface area (TPSA) is 39.2 Å². The third-order valence-electron chi connectivity index (χ3n) is 3.70. The lowest BCUT2D eigenvalue weighted by atomic mass is 10.0. The van der Waals surface area contributed by atoms with Crippen LogP contribution in [-0.2, 0) is 6.42 Å². The maximum Gasteiger partial charge on any atom is 0.137 e.